The molecule has 0 saturated heterocycles. The van der Waals surface area contributed by atoms with Crippen molar-refractivity contribution >= 4 is 11.8 Å². The predicted molar refractivity (Wildman–Crippen MR) is 114 cm³/mol. The number of carbonyl (C=O) groups excluding carboxylic acids is 2. The molecular weight excluding hydrogens is 400 g/mol. The Morgan fingerprint density at radius 2 is 1.90 bits per heavy atom. The molecule has 1 aromatic heterocycles. The standard InChI is InChI=1S/C23H30N2O6/c1-3-4-7-22(26)24(10-12-28-2)16-23(27)25(15-19-6-5-11-29-19)14-18-8-9-20-21(13-18)31-17-30-20/h5-6,8-9,11,13H,3-4,7,10,12,14-17H2,1-2H3. The molecule has 31 heavy (non-hydrogen) atoms. The minimum atomic E-state index is -0.157. The van der Waals surface area contributed by atoms with Crippen molar-refractivity contribution in [2.24, 2.45) is 0 Å². The summed E-state index contributed by atoms with van der Waals surface area (Å²) in [5, 5.41) is 0. The fourth-order valence-corrected chi connectivity index (χ4v) is 3.33. The molecule has 0 atom stereocenters. The molecule has 0 saturated carbocycles. The van der Waals surface area contributed by atoms with Crippen molar-refractivity contribution in [3.63, 3.8) is 0 Å². The molecule has 0 unspecified atom stereocenters. The number of nitrogens with zero attached hydrogens (tertiary/aromatic N) is 2. The summed E-state index contributed by atoms with van der Waals surface area (Å²) in [7, 11) is 1.58. The molecule has 8 heteroatoms. The second kappa shape index (κ2) is 11.4. The third-order valence-corrected chi connectivity index (χ3v) is 5.08. The molecule has 0 aliphatic carbocycles. The van der Waals surface area contributed by atoms with Crippen LogP contribution in [-0.4, -0.2) is 55.2 Å². The fourth-order valence-electron chi connectivity index (χ4n) is 3.33. The number of rotatable bonds is 12. The molecule has 2 heterocycles. The second-order valence-electron chi connectivity index (χ2n) is 7.43. The molecule has 2 aromatic rings. The number of hydrogen-bond acceptors (Lipinski definition) is 6. The lowest BCUT2D eigenvalue weighted by molar-refractivity contribution is -0.142. The van der Waals surface area contributed by atoms with Gasteiger partial charge in [0.05, 0.1) is 26.0 Å². The SMILES string of the molecule is CCCCC(=O)N(CCOC)CC(=O)N(Cc1ccc2c(c1)OCO2)Cc1ccco1. The summed E-state index contributed by atoms with van der Waals surface area (Å²) in [6.45, 7) is 3.65. The van der Waals surface area contributed by atoms with Crippen LogP contribution in [0.2, 0.25) is 0 Å². The first kappa shape index (κ1) is 22.7. The van der Waals surface area contributed by atoms with E-state index in [-0.39, 0.29) is 25.2 Å². The van der Waals surface area contributed by atoms with E-state index in [1.165, 1.54) is 0 Å². The molecule has 1 aromatic carbocycles. The lowest BCUT2D eigenvalue weighted by Crippen LogP contribution is -2.43. The number of carbonyl (C=O) groups is 2. The van der Waals surface area contributed by atoms with E-state index < -0.39 is 0 Å². The largest absolute Gasteiger partial charge is 0.467 e. The van der Waals surface area contributed by atoms with E-state index in [9.17, 15) is 9.59 Å². The van der Waals surface area contributed by atoms with Gasteiger partial charge in [-0.3, -0.25) is 9.59 Å². The van der Waals surface area contributed by atoms with Crippen molar-refractivity contribution < 1.29 is 28.2 Å². The number of furan rings is 1. The third-order valence-electron chi connectivity index (χ3n) is 5.08. The quantitative estimate of drug-likeness (QED) is 0.514. The van der Waals surface area contributed by atoms with E-state index in [4.69, 9.17) is 18.6 Å². The van der Waals surface area contributed by atoms with Crippen LogP contribution in [0.3, 0.4) is 0 Å². The molecular formula is C23H30N2O6. The lowest BCUT2D eigenvalue weighted by atomic mass is 10.1. The fraction of sp³-hybridized carbons (Fsp3) is 0.478. The normalized spacial score (nSPS) is 12.1. The van der Waals surface area contributed by atoms with Gasteiger partial charge in [-0.25, -0.2) is 0 Å². The molecule has 168 valence electrons. The van der Waals surface area contributed by atoms with Gasteiger partial charge in [-0.1, -0.05) is 19.4 Å². The zero-order valence-corrected chi connectivity index (χ0v) is 18.2. The van der Waals surface area contributed by atoms with Gasteiger partial charge in [0.15, 0.2) is 11.5 Å². The number of hydrogen-bond donors (Lipinski definition) is 0. The van der Waals surface area contributed by atoms with Crippen LogP contribution in [-0.2, 0) is 27.4 Å². The van der Waals surface area contributed by atoms with Gasteiger partial charge in [-0.15, -0.1) is 0 Å². The molecule has 0 spiro atoms. The minimum absolute atomic E-state index is 0.00281. The minimum Gasteiger partial charge on any atom is -0.467 e. The number of benzene rings is 1. The zero-order valence-electron chi connectivity index (χ0n) is 18.2. The van der Waals surface area contributed by atoms with E-state index in [0.717, 1.165) is 18.4 Å². The van der Waals surface area contributed by atoms with Gasteiger partial charge in [-0.05, 0) is 36.2 Å². The molecule has 8 nitrogen and oxygen atoms in total. The van der Waals surface area contributed by atoms with Crippen molar-refractivity contribution in [3.05, 3.63) is 47.9 Å². The van der Waals surface area contributed by atoms with Gasteiger partial charge in [0.2, 0.25) is 18.6 Å². The van der Waals surface area contributed by atoms with Crippen molar-refractivity contribution in [2.45, 2.75) is 39.3 Å². The van der Waals surface area contributed by atoms with Gasteiger partial charge in [0, 0.05) is 26.6 Å². The highest BCUT2D eigenvalue weighted by molar-refractivity contribution is 5.84. The first-order chi connectivity index (χ1) is 15.1. The Kier molecular flexibility index (Phi) is 8.35. The average Bonchev–Trinajstić information content (AvgIpc) is 3.45. The summed E-state index contributed by atoms with van der Waals surface area (Å²) in [5.74, 6) is 1.84. The Morgan fingerprint density at radius 1 is 1.06 bits per heavy atom. The molecule has 2 amide bonds. The lowest BCUT2D eigenvalue weighted by Gasteiger charge is -2.27. The number of ether oxygens (including phenoxy) is 3. The number of methoxy groups -OCH3 is 1. The van der Waals surface area contributed by atoms with Gasteiger partial charge in [-0.2, -0.15) is 0 Å². The van der Waals surface area contributed by atoms with Gasteiger partial charge in [0.25, 0.3) is 0 Å². The maximum Gasteiger partial charge on any atom is 0.242 e. The highest BCUT2D eigenvalue weighted by Gasteiger charge is 2.23. The monoisotopic (exact) mass is 430 g/mol. The van der Waals surface area contributed by atoms with Crippen LogP contribution < -0.4 is 9.47 Å². The van der Waals surface area contributed by atoms with Gasteiger partial charge in [0.1, 0.15) is 5.76 Å². The summed E-state index contributed by atoms with van der Waals surface area (Å²) in [5.41, 5.74) is 0.907. The van der Waals surface area contributed by atoms with Crippen LogP contribution in [0.5, 0.6) is 11.5 Å². The average molecular weight is 431 g/mol. The maximum absolute atomic E-state index is 13.3. The van der Waals surface area contributed by atoms with Crippen LogP contribution in [0.25, 0.3) is 0 Å². The highest BCUT2D eigenvalue weighted by Crippen LogP contribution is 2.33. The number of amides is 2. The number of unbranched alkanes of at least 4 members (excludes halogenated alkanes) is 1. The van der Waals surface area contributed by atoms with Crippen LogP contribution in [0.15, 0.2) is 41.0 Å². The molecule has 0 fully saturated rings. The summed E-state index contributed by atoms with van der Waals surface area (Å²) in [6.07, 6.45) is 3.72. The van der Waals surface area contributed by atoms with E-state index >= 15 is 0 Å². The molecule has 1 aliphatic heterocycles. The Balaban J connectivity index is 1.73. The summed E-state index contributed by atoms with van der Waals surface area (Å²) in [4.78, 5) is 29.1. The summed E-state index contributed by atoms with van der Waals surface area (Å²) < 4.78 is 21.4. The molecule has 3 rings (SSSR count). The second-order valence-corrected chi connectivity index (χ2v) is 7.43. The molecule has 0 bridgehead atoms. The smallest absolute Gasteiger partial charge is 0.242 e. The van der Waals surface area contributed by atoms with Gasteiger partial charge >= 0.3 is 0 Å². The Bertz CT molecular complexity index is 852. The van der Waals surface area contributed by atoms with Crippen LogP contribution in [0, 0.1) is 0 Å². The van der Waals surface area contributed by atoms with Crippen molar-refractivity contribution in [1.82, 2.24) is 9.80 Å². The maximum atomic E-state index is 13.3. The first-order valence-electron chi connectivity index (χ1n) is 10.6. The zero-order chi connectivity index (χ0) is 22.1. The Labute approximate surface area is 182 Å². The molecule has 0 N–H and O–H groups in total. The Hall–Kier alpha value is -3.00. The third kappa shape index (κ3) is 6.49. The molecule has 1 aliphatic rings. The summed E-state index contributed by atoms with van der Waals surface area (Å²) >= 11 is 0. The Morgan fingerprint density at radius 3 is 2.65 bits per heavy atom. The summed E-state index contributed by atoms with van der Waals surface area (Å²) in [6, 6.07) is 9.24. The van der Waals surface area contributed by atoms with E-state index in [2.05, 4.69) is 0 Å². The van der Waals surface area contributed by atoms with Crippen molar-refractivity contribution in [3.8, 4) is 11.5 Å². The van der Waals surface area contributed by atoms with E-state index in [0.29, 0.717) is 49.9 Å². The van der Waals surface area contributed by atoms with Crippen molar-refractivity contribution in [1.29, 1.82) is 0 Å². The number of fused-ring (bicyclic) bond motifs is 1. The van der Waals surface area contributed by atoms with E-state index in [1.807, 2.05) is 31.2 Å². The highest BCUT2D eigenvalue weighted by atomic mass is 16.7. The van der Waals surface area contributed by atoms with Crippen molar-refractivity contribution in [2.75, 3.05) is 33.6 Å². The predicted octanol–water partition coefficient (Wildman–Crippen LogP) is 3.20. The molecule has 0 radical (unpaired) electrons. The van der Waals surface area contributed by atoms with Gasteiger partial charge < -0.3 is 28.4 Å². The first-order valence-corrected chi connectivity index (χ1v) is 10.6. The van der Waals surface area contributed by atoms with E-state index in [1.54, 1.807) is 29.2 Å². The van der Waals surface area contributed by atoms with Crippen LogP contribution in [0.1, 0.15) is 37.5 Å². The van der Waals surface area contributed by atoms with Crippen LogP contribution >= 0.6 is 0 Å². The topological polar surface area (TPSA) is 81.5 Å². The van der Waals surface area contributed by atoms with Crippen LogP contribution in [0.4, 0.5) is 0 Å².